The molecule has 2 aliphatic rings. The number of ether oxygens (including phenoxy) is 4. The van der Waals surface area contributed by atoms with Gasteiger partial charge in [0.05, 0.1) is 62.2 Å². The maximum Gasteiger partial charge on any atom is 1.00 e. The minimum atomic E-state index is -2.50. The Hall–Kier alpha value is -6.72. The van der Waals surface area contributed by atoms with E-state index in [1.54, 1.807) is 48.5 Å². The van der Waals surface area contributed by atoms with Gasteiger partial charge in [0, 0.05) is 97.8 Å². The molecule has 93 heavy (non-hydrogen) atoms. The Morgan fingerprint density at radius 2 is 0.849 bits per heavy atom. The number of aliphatic hydroxyl groups is 6. The number of carboxylic acids is 2. The fourth-order valence-corrected chi connectivity index (χ4v) is 11.6. The number of aliphatic hydroxyl groups excluding tert-OH is 6. The number of carbonyl (C=O) groups excluding carboxylic acids is 6. The summed E-state index contributed by atoms with van der Waals surface area (Å²) in [5, 5.41) is 103. The van der Waals surface area contributed by atoms with Gasteiger partial charge >= 0.3 is 41.5 Å². The van der Waals surface area contributed by atoms with E-state index in [9.17, 15) is 79.2 Å². The molecule has 0 bridgehead atoms. The van der Waals surface area contributed by atoms with Gasteiger partial charge < -0.3 is 101 Å². The van der Waals surface area contributed by atoms with Crippen LogP contribution in [-0.4, -0.2) is 223 Å². The Morgan fingerprint density at radius 3 is 1.16 bits per heavy atom. The largest absolute Gasteiger partial charge is 1.00 e. The van der Waals surface area contributed by atoms with Gasteiger partial charge in [-0.25, -0.2) is 9.59 Å². The van der Waals surface area contributed by atoms with Crippen LogP contribution in [0.2, 0.25) is 0 Å². The maximum absolute atomic E-state index is 12.9. The number of nitrogens with one attached hydrogen (secondary N) is 6. The molecule has 2 aromatic heterocycles. The summed E-state index contributed by atoms with van der Waals surface area (Å²) in [7, 11) is 0. The van der Waals surface area contributed by atoms with E-state index in [0.717, 1.165) is 25.0 Å². The van der Waals surface area contributed by atoms with E-state index in [1.165, 1.54) is 84.6 Å². The number of hydrogen-bond acceptors (Lipinski definition) is 22. The zero-order chi connectivity index (χ0) is 66.5. The third-order valence-electron chi connectivity index (χ3n) is 14.9. The topological polar surface area (TPSA) is 434 Å². The molecule has 2 saturated heterocycles. The molecule has 0 aliphatic carbocycles. The summed E-state index contributed by atoms with van der Waals surface area (Å²) in [4.78, 5) is 101. The van der Waals surface area contributed by atoms with Crippen molar-refractivity contribution in [3.63, 3.8) is 0 Å². The number of aliphatic carboxylic acids is 2. The number of benzene rings is 3. The molecular weight excluding hydrogens is 1270 g/mol. The van der Waals surface area contributed by atoms with E-state index in [1.807, 2.05) is 0 Å². The SMILES string of the molecule is CC(=O)N[C@@H]1[C@@H](O)C[C@](OCCCSCCNC(=O)c2ccc(C(=O)NCCSCCCO[C@]3(C(=O)O)C[C@H](O)[C@@H](NC(C)=O)[C@H](C(O)[C@H](O)CNC(=O)c4ccc(-c5ccco5)cc4)O3)cc2)(C(=O)O)O[C@H]1C(O)[C@H](O)CNC(=O)c1ccc(-c2ccco2)cc1.[Na+]. The van der Waals surface area contributed by atoms with Crippen LogP contribution in [-0.2, 0) is 38.1 Å². The van der Waals surface area contributed by atoms with Gasteiger partial charge in [0.1, 0.15) is 35.9 Å². The van der Waals surface area contributed by atoms with Gasteiger partial charge in [0.2, 0.25) is 11.8 Å². The molecule has 2 aliphatic heterocycles. The number of hydrogen-bond donors (Lipinski definition) is 14. The minimum Gasteiger partial charge on any atom is -0.477 e. The molecule has 7 rings (SSSR count). The van der Waals surface area contributed by atoms with Crippen molar-refractivity contribution in [2.24, 2.45) is 0 Å². The van der Waals surface area contributed by atoms with Crippen molar-refractivity contribution in [1.82, 2.24) is 31.9 Å². The molecule has 498 valence electrons. The second kappa shape index (κ2) is 36.2. The number of amides is 6. The Morgan fingerprint density at radius 1 is 0.516 bits per heavy atom. The van der Waals surface area contributed by atoms with E-state index < -0.39 is 146 Å². The van der Waals surface area contributed by atoms with E-state index >= 15 is 0 Å². The van der Waals surface area contributed by atoms with E-state index in [4.69, 9.17) is 27.8 Å². The zero-order valence-electron chi connectivity index (χ0n) is 51.2. The second-order valence-electron chi connectivity index (χ2n) is 21.6. The first-order chi connectivity index (χ1) is 44.0. The van der Waals surface area contributed by atoms with Crippen LogP contribution in [0, 0.1) is 0 Å². The molecule has 0 saturated carbocycles. The van der Waals surface area contributed by atoms with Crippen LogP contribution in [0.25, 0.3) is 22.6 Å². The molecule has 12 atom stereocenters. The average Bonchev–Trinajstić information content (AvgIpc) is 1.57. The molecule has 2 unspecified atom stereocenters. The molecular formula is C62H76N6NaO22S2+. The van der Waals surface area contributed by atoms with E-state index in [-0.39, 0.29) is 79.8 Å². The molecule has 3 aromatic carbocycles. The molecule has 2 fully saturated rings. The van der Waals surface area contributed by atoms with Gasteiger partial charge in [-0.1, -0.05) is 24.3 Å². The minimum absolute atomic E-state index is 0. The van der Waals surface area contributed by atoms with Gasteiger partial charge in [-0.3, -0.25) is 28.8 Å². The molecule has 14 N–H and O–H groups in total. The average molecular weight is 1340 g/mol. The van der Waals surface area contributed by atoms with Gasteiger partial charge in [-0.2, -0.15) is 23.5 Å². The number of rotatable bonds is 34. The standard InChI is InChI=1S/C62H76N6O22S2.Na/c1-35(69)67-49-43(71)31-61(59(81)82,89-53(49)51(75)45(73)33-65-57(79)41-13-9-37(10-14-41)47-7-3-23-85-47)87-25-5-27-91-29-21-63-55(77)39-17-19-40(20-18-39)56(78)64-22-30-92-28-6-26-88-62(60(83)84)32-44(72)50(68-36(2)70)54(90-62)52(76)46(74)34-66-58(80)42-15-11-38(12-16-42)48-8-4-24-86-48;/h3-4,7-20,23-24,43-46,49-54,71-76H,5-6,21-22,25-34H2,1-2H3,(H,63,77)(H,64,78)(H,65,79)(H,66,80)(H,67,69)(H,68,70)(H,81,82)(H,83,84);/q;+1/t43-,44-,45+,46+,49+,50+,51?,52?,53+,54+,61+,62+;/m0./s1. The van der Waals surface area contributed by atoms with Crippen LogP contribution >= 0.6 is 23.5 Å². The number of carbonyl (C=O) groups is 8. The fourth-order valence-electron chi connectivity index (χ4n) is 10.1. The van der Waals surface area contributed by atoms with E-state index in [0.29, 0.717) is 45.7 Å². The quantitative estimate of drug-likeness (QED) is 0.0158. The molecule has 0 spiro atoms. The van der Waals surface area contributed by atoms with Crippen LogP contribution in [0.1, 0.15) is 81.0 Å². The van der Waals surface area contributed by atoms with Crippen molar-refractivity contribution in [2.45, 2.75) is 112 Å². The van der Waals surface area contributed by atoms with Gasteiger partial charge in [0.15, 0.2) is 0 Å². The molecule has 5 aromatic rings. The van der Waals surface area contributed by atoms with Crippen molar-refractivity contribution < 1.29 is 137 Å². The van der Waals surface area contributed by atoms with Crippen molar-refractivity contribution >= 4 is 70.9 Å². The summed E-state index contributed by atoms with van der Waals surface area (Å²) in [5.74, 6) is -8.58. The van der Waals surface area contributed by atoms with Crippen molar-refractivity contribution in [2.75, 3.05) is 62.4 Å². The first-order valence-corrected chi connectivity index (χ1v) is 31.7. The second-order valence-corrected chi connectivity index (χ2v) is 24.1. The van der Waals surface area contributed by atoms with E-state index in [2.05, 4.69) is 31.9 Å². The maximum atomic E-state index is 12.9. The predicted molar refractivity (Wildman–Crippen MR) is 331 cm³/mol. The summed E-state index contributed by atoms with van der Waals surface area (Å²) in [5.41, 5.74) is 2.48. The first-order valence-electron chi connectivity index (χ1n) is 29.4. The van der Waals surface area contributed by atoms with Crippen molar-refractivity contribution in [3.8, 4) is 22.6 Å². The summed E-state index contributed by atoms with van der Waals surface area (Å²) in [6.45, 7) is 1.36. The first kappa shape index (κ1) is 75.3. The van der Waals surface area contributed by atoms with Gasteiger partial charge in [-0.15, -0.1) is 0 Å². The Kier molecular flexibility index (Phi) is 29.3. The number of furan rings is 2. The third kappa shape index (κ3) is 21.1. The summed E-state index contributed by atoms with van der Waals surface area (Å²) in [6, 6.07) is 22.9. The zero-order valence-corrected chi connectivity index (χ0v) is 54.8. The third-order valence-corrected chi connectivity index (χ3v) is 17.0. The summed E-state index contributed by atoms with van der Waals surface area (Å²) >= 11 is 2.83. The van der Waals surface area contributed by atoms with Crippen LogP contribution in [0.3, 0.4) is 0 Å². The molecule has 6 amide bonds. The molecule has 31 heteroatoms. The van der Waals surface area contributed by atoms with Gasteiger partial charge in [0.25, 0.3) is 35.2 Å². The Bertz CT molecular complexity index is 3030. The smallest absolute Gasteiger partial charge is 0.477 e. The summed E-state index contributed by atoms with van der Waals surface area (Å²) < 4.78 is 33.8. The van der Waals surface area contributed by atoms with Crippen molar-refractivity contribution in [3.05, 3.63) is 132 Å². The summed E-state index contributed by atoms with van der Waals surface area (Å²) in [6.07, 6.45) is -11.8. The molecule has 28 nitrogen and oxygen atoms in total. The molecule has 0 radical (unpaired) electrons. The van der Waals surface area contributed by atoms with Gasteiger partial charge in [-0.05, 0) is 97.1 Å². The van der Waals surface area contributed by atoms with Crippen LogP contribution in [0.15, 0.2) is 118 Å². The number of thioether (sulfide) groups is 2. The van der Waals surface area contributed by atoms with Crippen LogP contribution in [0.5, 0.6) is 0 Å². The fraction of sp³-hybridized carbons (Fsp3) is 0.452. The normalized spacial score (nSPS) is 22.3. The predicted octanol–water partition coefficient (Wildman–Crippen LogP) is -1.88. The molecule has 4 heterocycles. The van der Waals surface area contributed by atoms with Crippen molar-refractivity contribution in [1.29, 1.82) is 0 Å². The number of carboxylic acid groups (broad SMARTS) is 2. The van der Waals surface area contributed by atoms with Crippen LogP contribution in [0.4, 0.5) is 0 Å². The Labute approximate surface area is 564 Å². The monoisotopic (exact) mass is 1340 g/mol. The Balaban J connectivity index is 0.0000137. The van der Waals surface area contributed by atoms with Crippen LogP contribution < -0.4 is 61.5 Å².